The van der Waals surface area contributed by atoms with Gasteiger partial charge in [-0.15, -0.1) is 0 Å². The third-order valence-corrected chi connectivity index (χ3v) is 6.62. The summed E-state index contributed by atoms with van der Waals surface area (Å²) in [6.45, 7) is 3.41. The molecule has 0 bridgehead atoms. The number of benzene rings is 2. The van der Waals surface area contributed by atoms with Gasteiger partial charge in [0.15, 0.2) is 0 Å². The van der Waals surface area contributed by atoms with Gasteiger partial charge in [-0.05, 0) is 36.4 Å². The van der Waals surface area contributed by atoms with Crippen LogP contribution < -0.4 is 22.1 Å². The standard InChI is InChI=1S/C18H20N6S2/c19-13-3-1-11(17-21-5-6-22-17)9-15(13)25-26-16-10-12(2-4-14(16)20)18-23-7-8-24-18/h1-4,9-10H,5-8,19-20H2,(H,21,22)(H,23,24). The van der Waals surface area contributed by atoms with Crippen molar-refractivity contribution in [3.8, 4) is 0 Å². The number of nitrogens with two attached hydrogens (primary N) is 2. The quantitative estimate of drug-likeness (QED) is 0.466. The number of amidine groups is 2. The molecule has 4 rings (SSSR count). The van der Waals surface area contributed by atoms with Crippen LogP contribution in [-0.2, 0) is 0 Å². The first-order valence-electron chi connectivity index (χ1n) is 8.42. The van der Waals surface area contributed by atoms with Gasteiger partial charge in [0, 0.05) is 45.4 Å². The molecule has 0 atom stereocenters. The van der Waals surface area contributed by atoms with E-state index in [1.165, 1.54) is 0 Å². The number of nitrogens with zero attached hydrogens (tertiary/aromatic N) is 2. The lowest BCUT2D eigenvalue weighted by Gasteiger charge is -2.11. The predicted molar refractivity (Wildman–Crippen MR) is 112 cm³/mol. The molecule has 2 aliphatic heterocycles. The molecule has 0 aliphatic carbocycles. The molecule has 0 radical (unpaired) electrons. The summed E-state index contributed by atoms with van der Waals surface area (Å²) in [5.74, 6) is 1.87. The zero-order valence-electron chi connectivity index (χ0n) is 14.2. The Bertz CT molecular complexity index is 820. The highest BCUT2D eigenvalue weighted by Crippen LogP contribution is 2.43. The minimum Gasteiger partial charge on any atom is -0.398 e. The molecule has 0 amide bonds. The largest absolute Gasteiger partial charge is 0.398 e. The van der Waals surface area contributed by atoms with Gasteiger partial charge in [-0.2, -0.15) is 0 Å². The summed E-state index contributed by atoms with van der Waals surface area (Å²) in [6.07, 6.45) is 0. The van der Waals surface area contributed by atoms with Crippen molar-refractivity contribution in [2.24, 2.45) is 9.98 Å². The summed E-state index contributed by atoms with van der Waals surface area (Å²) < 4.78 is 0. The summed E-state index contributed by atoms with van der Waals surface area (Å²) >= 11 is 0. The number of nitrogen functional groups attached to an aromatic ring is 2. The van der Waals surface area contributed by atoms with Crippen LogP contribution in [0, 0.1) is 0 Å². The Morgan fingerprint density at radius 2 is 1.19 bits per heavy atom. The van der Waals surface area contributed by atoms with Crippen LogP contribution in [0.2, 0.25) is 0 Å². The SMILES string of the molecule is Nc1ccc(C2=NCCN2)cc1SSc1cc(C2=NCCN2)ccc1N. The van der Waals surface area contributed by atoms with Crippen LogP contribution in [0.5, 0.6) is 0 Å². The third-order valence-electron chi connectivity index (χ3n) is 4.14. The van der Waals surface area contributed by atoms with E-state index in [9.17, 15) is 0 Å². The number of hydrogen-bond donors (Lipinski definition) is 4. The van der Waals surface area contributed by atoms with Gasteiger partial charge >= 0.3 is 0 Å². The van der Waals surface area contributed by atoms with Crippen molar-refractivity contribution >= 4 is 44.6 Å². The maximum absolute atomic E-state index is 6.16. The second-order valence-corrected chi connectivity index (χ2v) is 8.20. The van der Waals surface area contributed by atoms with Crippen molar-refractivity contribution in [3.05, 3.63) is 47.5 Å². The summed E-state index contributed by atoms with van der Waals surface area (Å²) in [5, 5.41) is 6.59. The Balaban J connectivity index is 1.53. The van der Waals surface area contributed by atoms with Gasteiger partial charge in [-0.1, -0.05) is 21.6 Å². The van der Waals surface area contributed by atoms with E-state index in [0.717, 1.165) is 70.1 Å². The summed E-state index contributed by atoms with van der Waals surface area (Å²) in [7, 11) is 3.21. The highest BCUT2D eigenvalue weighted by atomic mass is 33.1. The zero-order valence-corrected chi connectivity index (χ0v) is 15.8. The number of nitrogens with one attached hydrogen (secondary N) is 2. The van der Waals surface area contributed by atoms with Gasteiger partial charge in [0.05, 0.1) is 13.1 Å². The van der Waals surface area contributed by atoms with Crippen LogP contribution in [0.1, 0.15) is 11.1 Å². The van der Waals surface area contributed by atoms with E-state index in [2.05, 4.69) is 32.8 Å². The van der Waals surface area contributed by atoms with Crippen LogP contribution in [0.4, 0.5) is 11.4 Å². The van der Waals surface area contributed by atoms with E-state index in [0.29, 0.717) is 0 Å². The maximum atomic E-state index is 6.16. The molecule has 2 aromatic carbocycles. The van der Waals surface area contributed by atoms with Gasteiger partial charge in [-0.3, -0.25) is 9.98 Å². The number of rotatable bonds is 5. The van der Waals surface area contributed by atoms with Crippen molar-refractivity contribution in [2.75, 3.05) is 37.6 Å². The Labute approximate surface area is 160 Å². The van der Waals surface area contributed by atoms with Crippen LogP contribution in [0.15, 0.2) is 56.2 Å². The molecule has 0 spiro atoms. The van der Waals surface area contributed by atoms with E-state index < -0.39 is 0 Å². The molecule has 2 heterocycles. The molecule has 0 saturated heterocycles. The monoisotopic (exact) mass is 384 g/mol. The molecule has 0 aromatic heterocycles. The molecule has 0 saturated carbocycles. The highest BCUT2D eigenvalue weighted by Gasteiger charge is 2.13. The normalized spacial score (nSPS) is 16.0. The fraction of sp³-hybridized carbons (Fsp3) is 0.222. The fourth-order valence-corrected chi connectivity index (χ4v) is 5.04. The highest BCUT2D eigenvalue weighted by molar-refractivity contribution is 8.76. The van der Waals surface area contributed by atoms with Crippen molar-refractivity contribution in [1.29, 1.82) is 0 Å². The Hall–Kier alpha value is -2.32. The van der Waals surface area contributed by atoms with E-state index in [1.54, 1.807) is 21.6 Å². The lowest BCUT2D eigenvalue weighted by Crippen LogP contribution is -2.19. The number of hydrogen-bond acceptors (Lipinski definition) is 8. The first-order chi connectivity index (χ1) is 12.7. The smallest absolute Gasteiger partial charge is 0.128 e. The average molecular weight is 385 g/mol. The molecule has 0 fully saturated rings. The first-order valence-corrected chi connectivity index (χ1v) is 10.6. The Kier molecular flexibility index (Phi) is 4.94. The maximum Gasteiger partial charge on any atom is 0.128 e. The van der Waals surface area contributed by atoms with Crippen molar-refractivity contribution in [3.63, 3.8) is 0 Å². The van der Waals surface area contributed by atoms with Gasteiger partial charge in [0.25, 0.3) is 0 Å². The topological polar surface area (TPSA) is 101 Å². The summed E-state index contributed by atoms with van der Waals surface area (Å²) in [4.78, 5) is 11.0. The van der Waals surface area contributed by atoms with E-state index >= 15 is 0 Å². The average Bonchev–Trinajstić information content (AvgIpc) is 3.36. The zero-order chi connectivity index (χ0) is 17.9. The minimum absolute atomic E-state index is 0.751. The van der Waals surface area contributed by atoms with E-state index in [-0.39, 0.29) is 0 Å². The van der Waals surface area contributed by atoms with Crippen molar-refractivity contribution < 1.29 is 0 Å². The molecule has 8 heteroatoms. The second-order valence-electron chi connectivity index (χ2n) is 5.99. The van der Waals surface area contributed by atoms with Gasteiger partial charge in [0.2, 0.25) is 0 Å². The molecule has 2 aliphatic rings. The summed E-state index contributed by atoms with van der Waals surface area (Å²) in [6, 6.07) is 12.0. The molecule has 6 N–H and O–H groups in total. The third kappa shape index (κ3) is 3.61. The molecule has 0 unspecified atom stereocenters. The predicted octanol–water partition coefficient (Wildman–Crippen LogP) is 2.35. The lowest BCUT2D eigenvalue weighted by atomic mass is 10.2. The van der Waals surface area contributed by atoms with E-state index in [4.69, 9.17) is 11.5 Å². The second kappa shape index (κ2) is 7.51. The molecule has 6 nitrogen and oxygen atoms in total. The Morgan fingerprint density at radius 3 is 1.58 bits per heavy atom. The summed E-state index contributed by atoms with van der Waals surface area (Å²) in [5.41, 5.74) is 16.0. The minimum atomic E-state index is 0.751. The molecular formula is C18H20N6S2. The van der Waals surface area contributed by atoms with Gasteiger partial charge in [-0.25, -0.2) is 0 Å². The fourth-order valence-electron chi connectivity index (χ4n) is 2.78. The molecule has 26 heavy (non-hydrogen) atoms. The van der Waals surface area contributed by atoms with Crippen LogP contribution >= 0.6 is 21.6 Å². The van der Waals surface area contributed by atoms with E-state index in [1.807, 2.05) is 24.3 Å². The number of aliphatic imine (C=N–C) groups is 2. The Morgan fingerprint density at radius 1 is 0.731 bits per heavy atom. The van der Waals surface area contributed by atoms with Crippen molar-refractivity contribution in [2.45, 2.75) is 9.79 Å². The number of anilines is 2. The van der Waals surface area contributed by atoms with Gasteiger partial charge in [0.1, 0.15) is 11.7 Å². The molecular weight excluding hydrogens is 364 g/mol. The van der Waals surface area contributed by atoms with Crippen LogP contribution in [-0.4, -0.2) is 37.9 Å². The van der Waals surface area contributed by atoms with Crippen molar-refractivity contribution in [1.82, 2.24) is 10.6 Å². The molecule has 2 aromatic rings. The lowest BCUT2D eigenvalue weighted by molar-refractivity contribution is 0.960. The molecule has 134 valence electrons. The van der Waals surface area contributed by atoms with Gasteiger partial charge < -0.3 is 22.1 Å². The van der Waals surface area contributed by atoms with Crippen LogP contribution in [0.3, 0.4) is 0 Å². The van der Waals surface area contributed by atoms with Crippen LogP contribution in [0.25, 0.3) is 0 Å². The first kappa shape index (κ1) is 17.1.